The number of carbonyl (C=O) groups excluding carboxylic acids is 2. The van der Waals surface area contributed by atoms with E-state index in [-0.39, 0.29) is 18.4 Å². The Morgan fingerprint density at radius 2 is 1.61 bits per heavy atom. The zero-order chi connectivity index (χ0) is 23.4. The second-order valence-electron chi connectivity index (χ2n) is 8.75. The number of carboxylic acid groups (broad SMARTS) is 1. The molecule has 1 aliphatic heterocycles. The first-order chi connectivity index (χ1) is 16.0. The number of alkyl carbamates (subject to hydrolysis) is 1. The van der Waals surface area contributed by atoms with E-state index in [4.69, 9.17) is 9.84 Å². The highest BCUT2D eigenvalue weighted by molar-refractivity contribution is 5.86. The number of carboxylic acids is 1. The second-order valence-corrected chi connectivity index (χ2v) is 8.75. The van der Waals surface area contributed by atoms with Crippen molar-refractivity contribution < 1.29 is 24.2 Å². The molecule has 2 N–H and O–H groups in total. The van der Waals surface area contributed by atoms with Gasteiger partial charge < -0.3 is 20.1 Å². The predicted molar refractivity (Wildman–Crippen MR) is 124 cm³/mol. The predicted octanol–water partition coefficient (Wildman–Crippen LogP) is 4.02. The summed E-state index contributed by atoms with van der Waals surface area (Å²) in [4.78, 5) is 38.5. The van der Waals surface area contributed by atoms with Gasteiger partial charge in [0, 0.05) is 19.0 Å². The number of nitrogens with zero attached hydrogens (tertiary/aromatic N) is 1. The summed E-state index contributed by atoms with van der Waals surface area (Å²) >= 11 is 0. The summed E-state index contributed by atoms with van der Waals surface area (Å²) in [5, 5.41) is 11.9. The Hall–Kier alpha value is -3.35. The van der Waals surface area contributed by atoms with Crippen molar-refractivity contribution in [2.45, 2.75) is 44.6 Å². The van der Waals surface area contributed by atoms with E-state index in [1.807, 2.05) is 31.2 Å². The molecule has 0 spiro atoms. The van der Waals surface area contributed by atoms with Crippen LogP contribution in [-0.4, -0.2) is 53.7 Å². The molecule has 1 aliphatic carbocycles. The third-order valence-electron chi connectivity index (χ3n) is 6.67. The van der Waals surface area contributed by atoms with E-state index in [1.165, 1.54) is 0 Å². The van der Waals surface area contributed by atoms with Crippen LogP contribution in [0.4, 0.5) is 4.79 Å². The van der Waals surface area contributed by atoms with Crippen molar-refractivity contribution in [1.82, 2.24) is 10.2 Å². The van der Waals surface area contributed by atoms with Gasteiger partial charge in [-0.1, -0.05) is 61.9 Å². The van der Waals surface area contributed by atoms with Crippen LogP contribution in [0.5, 0.6) is 0 Å². The van der Waals surface area contributed by atoms with E-state index in [9.17, 15) is 14.4 Å². The molecule has 7 heteroatoms. The lowest BCUT2D eigenvalue weighted by Crippen LogP contribution is -2.51. The monoisotopic (exact) mass is 450 g/mol. The topological polar surface area (TPSA) is 95.9 Å². The minimum absolute atomic E-state index is 0.0430. The molecule has 1 fully saturated rings. The van der Waals surface area contributed by atoms with Crippen LogP contribution >= 0.6 is 0 Å². The molecule has 2 amide bonds. The normalized spacial score (nSPS) is 16.6. The molecule has 2 aromatic rings. The highest BCUT2D eigenvalue weighted by Gasteiger charge is 2.32. The van der Waals surface area contributed by atoms with E-state index >= 15 is 0 Å². The number of amides is 2. The van der Waals surface area contributed by atoms with E-state index < -0.39 is 24.0 Å². The van der Waals surface area contributed by atoms with Crippen molar-refractivity contribution in [1.29, 1.82) is 0 Å². The minimum atomic E-state index is -0.816. The van der Waals surface area contributed by atoms with Crippen LogP contribution in [0.1, 0.15) is 49.7 Å². The van der Waals surface area contributed by atoms with Gasteiger partial charge in [-0.3, -0.25) is 9.59 Å². The molecule has 174 valence electrons. The van der Waals surface area contributed by atoms with Crippen LogP contribution in [0, 0.1) is 5.92 Å². The van der Waals surface area contributed by atoms with Gasteiger partial charge in [-0.2, -0.15) is 0 Å². The fourth-order valence-electron chi connectivity index (χ4n) is 4.90. The van der Waals surface area contributed by atoms with E-state index in [1.54, 1.807) is 4.90 Å². The van der Waals surface area contributed by atoms with Crippen LogP contribution in [0.25, 0.3) is 11.1 Å². The Labute approximate surface area is 193 Å². The maximum Gasteiger partial charge on any atom is 0.407 e. The molecule has 1 saturated heterocycles. The first-order valence-corrected chi connectivity index (χ1v) is 11.6. The Bertz CT molecular complexity index is 983. The number of piperidine rings is 1. The fraction of sp³-hybridized carbons (Fsp3) is 0.423. The smallest absolute Gasteiger partial charge is 0.407 e. The third kappa shape index (κ3) is 4.87. The number of rotatable bonds is 7. The first-order valence-electron chi connectivity index (χ1n) is 11.6. The summed E-state index contributed by atoms with van der Waals surface area (Å²) in [6.45, 7) is 2.93. The quantitative estimate of drug-likeness (QED) is 0.664. The highest BCUT2D eigenvalue weighted by atomic mass is 16.5. The number of fused-ring (bicyclic) bond motifs is 3. The zero-order valence-electron chi connectivity index (χ0n) is 18.8. The third-order valence-corrected chi connectivity index (χ3v) is 6.67. The summed E-state index contributed by atoms with van der Waals surface area (Å²) in [6.07, 6.45) is 1.49. The lowest BCUT2D eigenvalue weighted by atomic mass is 9.96. The summed E-state index contributed by atoms with van der Waals surface area (Å²) in [6, 6.07) is 15.6. The van der Waals surface area contributed by atoms with Gasteiger partial charge in [0.25, 0.3) is 0 Å². The number of carbonyl (C=O) groups is 3. The molecule has 4 rings (SSSR count). The van der Waals surface area contributed by atoms with Crippen molar-refractivity contribution in [2.75, 3.05) is 19.7 Å². The van der Waals surface area contributed by atoms with Crippen molar-refractivity contribution in [3.63, 3.8) is 0 Å². The number of nitrogens with one attached hydrogen (secondary N) is 1. The second kappa shape index (κ2) is 10.1. The molecule has 7 nitrogen and oxygen atoms in total. The molecule has 0 aromatic heterocycles. The zero-order valence-corrected chi connectivity index (χ0v) is 18.8. The largest absolute Gasteiger partial charge is 0.481 e. The number of aliphatic carboxylic acids is 1. The van der Waals surface area contributed by atoms with Crippen LogP contribution in [-0.2, 0) is 14.3 Å². The molecule has 2 aliphatic rings. The van der Waals surface area contributed by atoms with Crippen LogP contribution in [0.15, 0.2) is 48.5 Å². The Kier molecular flexibility index (Phi) is 6.96. The minimum Gasteiger partial charge on any atom is -0.481 e. The summed E-state index contributed by atoms with van der Waals surface area (Å²) in [7, 11) is 0. The van der Waals surface area contributed by atoms with Gasteiger partial charge >= 0.3 is 12.1 Å². The Morgan fingerprint density at radius 1 is 1.03 bits per heavy atom. The average Bonchev–Trinajstić information content (AvgIpc) is 3.16. The van der Waals surface area contributed by atoms with Crippen LogP contribution in [0.3, 0.4) is 0 Å². The Balaban J connectivity index is 1.37. The summed E-state index contributed by atoms with van der Waals surface area (Å²) in [5.74, 6) is -1.44. The molecule has 1 heterocycles. The van der Waals surface area contributed by atoms with Gasteiger partial charge in [-0.15, -0.1) is 0 Å². The van der Waals surface area contributed by atoms with Gasteiger partial charge in [0.1, 0.15) is 12.6 Å². The maximum absolute atomic E-state index is 13.0. The molecule has 1 unspecified atom stereocenters. The maximum atomic E-state index is 13.0. The molecule has 0 bridgehead atoms. The van der Waals surface area contributed by atoms with E-state index in [0.717, 1.165) is 28.7 Å². The van der Waals surface area contributed by atoms with Crippen molar-refractivity contribution in [3.05, 3.63) is 59.7 Å². The first kappa shape index (κ1) is 22.8. The fourth-order valence-corrected chi connectivity index (χ4v) is 4.90. The lowest BCUT2D eigenvalue weighted by Gasteiger charge is -2.33. The van der Waals surface area contributed by atoms with E-state index in [2.05, 4.69) is 29.6 Å². The van der Waals surface area contributed by atoms with Crippen LogP contribution in [0.2, 0.25) is 0 Å². The SMILES string of the molecule is CCCC(NC(=O)OCC1c2ccccc2-c2ccccc21)C(=O)N1CCC(C(=O)O)CC1. The highest BCUT2D eigenvalue weighted by Crippen LogP contribution is 2.44. The number of likely N-dealkylation sites (tertiary alicyclic amines) is 1. The summed E-state index contributed by atoms with van der Waals surface area (Å²) < 4.78 is 5.60. The van der Waals surface area contributed by atoms with Gasteiger partial charge in [-0.05, 0) is 41.5 Å². The van der Waals surface area contributed by atoms with E-state index in [0.29, 0.717) is 32.4 Å². The summed E-state index contributed by atoms with van der Waals surface area (Å²) in [5.41, 5.74) is 4.58. The van der Waals surface area contributed by atoms with Gasteiger partial charge in [0.15, 0.2) is 0 Å². The lowest BCUT2D eigenvalue weighted by molar-refractivity contribution is -0.146. The molecule has 0 saturated carbocycles. The molecule has 33 heavy (non-hydrogen) atoms. The van der Waals surface area contributed by atoms with Crippen LogP contribution < -0.4 is 5.32 Å². The van der Waals surface area contributed by atoms with Gasteiger partial charge in [0.2, 0.25) is 5.91 Å². The number of benzene rings is 2. The molecule has 2 aromatic carbocycles. The molecule has 1 atom stereocenters. The van der Waals surface area contributed by atoms with Gasteiger partial charge in [0.05, 0.1) is 5.92 Å². The standard InChI is InChI=1S/C26H30N2O5/c1-2-7-23(24(29)28-14-12-17(13-15-28)25(30)31)27-26(32)33-16-22-20-10-5-3-8-18(20)19-9-4-6-11-21(19)22/h3-6,8-11,17,22-23H,2,7,12-16H2,1H3,(H,27,32)(H,30,31). The number of hydrogen-bond donors (Lipinski definition) is 2. The Morgan fingerprint density at radius 3 is 2.15 bits per heavy atom. The van der Waals surface area contributed by atoms with Crippen molar-refractivity contribution in [3.8, 4) is 11.1 Å². The van der Waals surface area contributed by atoms with Crippen molar-refractivity contribution >= 4 is 18.0 Å². The average molecular weight is 451 g/mol. The van der Waals surface area contributed by atoms with Crippen molar-refractivity contribution in [2.24, 2.45) is 5.92 Å². The molecular weight excluding hydrogens is 420 g/mol. The molecular formula is C26H30N2O5. The number of hydrogen-bond acceptors (Lipinski definition) is 4. The van der Waals surface area contributed by atoms with Gasteiger partial charge in [-0.25, -0.2) is 4.79 Å². The molecule has 0 radical (unpaired) electrons. The number of ether oxygens (including phenoxy) is 1.